The van der Waals surface area contributed by atoms with Crippen molar-refractivity contribution in [3.63, 3.8) is 0 Å². The second-order valence-corrected chi connectivity index (χ2v) is 14.0. The fraction of sp³-hybridized carbons (Fsp3) is 0.474. The number of aromatic amines is 2. The summed E-state index contributed by atoms with van der Waals surface area (Å²) in [4.78, 5) is 41.0. The molecule has 1 aliphatic heterocycles. The number of hydrogen-bond donors (Lipinski definition) is 4. The van der Waals surface area contributed by atoms with Crippen LogP contribution < -0.4 is 10.6 Å². The fourth-order valence-corrected chi connectivity index (χ4v) is 6.42. The Hall–Kier alpha value is -4.56. The molecule has 1 aliphatic carbocycles. The van der Waals surface area contributed by atoms with Gasteiger partial charge in [0.25, 0.3) is 11.8 Å². The number of hydrogen-bond acceptors (Lipinski definition) is 6. The topological polar surface area (TPSA) is 134 Å². The molecule has 2 amide bonds. The van der Waals surface area contributed by atoms with Crippen LogP contribution in [0.2, 0.25) is 0 Å². The van der Waals surface area contributed by atoms with E-state index in [4.69, 9.17) is 14.5 Å². The van der Waals surface area contributed by atoms with E-state index < -0.39 is 55.1 Å². The molecule has 4 N–H and O–H groups in total. The van der Waals surface area contributed by atoms with E-state index >= 15 is 0 Å². The summed E-state index contributed by atoms with van der Waals surface area (Å²) >= 11 is 0. The minimum atomic E-state index is -2.99. The van der Waals surface area contributed by atoms with Gasteiger partial charge in [-0.1, -0.05) is 45.0 Å². The quantitative estimate of drug-likeness (QED) is 0.111. The highest BCUT2D eigenvalue weighted by Crippen LogP contribution is 2.38. The molecular formula is C38H44F4N6O4. The lowest BCUT2D eigenvalue weighted by Gasteiger charge is -2.27. The van der Waals surface area contributed by atoms with Crippen molar-refractivity contribution in [2.45, 2.75) is 96.4 Å². The highest BCUT2D eigenvalue weighted by Gasteiger charge is 2.38. The number of H-pyrrole nitrogens is 2. The standard InChI is InChI=1S/C38H44F4N6O4/c1-5-37(39,40)19-51-22(4)35(49)48-33(21(2)3)34-44-17-30(47-34)26-9-11-28-24(15-26)7-6-23-14-25(8-10-27(23)28)29-16-43-32(46-29)18-45-36(50)31-12-13-38(41,42)20-52-31/h8-11,14-17,21-22,31,33H,5-7,12-13,18-20H2,1-4H3,(H,43,46)(H,44,47)(H,45,50)(H,48,49). The number of aromatic nitrogens is 4. The molecule has 3 atom stereocenters. The van der Waals surface area contributed by atoms with Crippen LogP contribution in [0, 0.1) is 5.92 Å². The van der Waals surface area contributed by atoms with Gasteiger partial charge in [0.05, 0.1) is 24.0 Å². The zero-order valence-corrected chi connectivity index (χ0v) is 29.6. The first kappa shape index (κ1) is 37.2. The van der Waals surface area contributed by atoms with Crippen LogP contribution >= 0.6 is 0 Å². The molecule has 278 valence electrons. The second kappa shape index (κ2) is 15.2. The zero-order valence-electron chi connectivity index (χ0n) is 29.6. The molecule has 4 aromatic rings. The summed E-state index contributed by atoms with van der Waals surface area (Å²) in [6.45, 7) is 5.27. The molecule has 2 aliphatic rings. The SMILES string of the molecule is CCC(F)(F)COC(C)C(=O)NC(c1nc(-c2ccc3c(c2)CCc2cc(-c4c[nH]c(CNC(=O)C5CCC(F)(F)CO5)n4)ccc2-3)c[nH]1)C(C)C. The molecule has 6 rings (SSSR count). The van der Waals surface area contributed by atoms with Gasteiger partial charge in [-0.2, -0.15) is 0 Å². The molecule has 0 spiro atoms. The lowest BCUT2D eigenvalue weighted by molar-refractivity contribution is -0.162. The first-order valence-corrected chi connectivity index (χ1v) is 17.7. The van der Waals surface area contributed by atoms with Crippen LogP contribution in [0.1, 0.15) is 75.8 Å². The van der Waals surface area contributed by atoms with Gasteiger partial charge in [-0.3, -0.25) is 9.59 Å². The Morgan fingerprint density at radius 1 is 1.00 bits per heavy atom. The van der Waals surface area contributed by atoms with Crippen LogP contribution in [-0.2, 0) is 38.4 Å². The number of fused-ring (bicyclic) bond motifs is 3. The largest absolute Gasteiger partial charge is 0.362 e. The minimum absolute atomic E-state index is 0.0307. The highest BCUT2D eigenvalue weighted by atomic mass is 19.3. The van der Waals surface area contributed by atoms with Crippen LogP contribution in [0.4, 0.5) is 17.6 Å². The van der Waals surface area contributed by atoms with Crippen LogP contribution in [0.3, 0.4) is 0 Å². The Morgan fingerprint density at radius 2 is 1.63 bits per heavy atom. The van der Waals surface area contributed by atoms with Gasteiger partial charge in [0.1, 0.15) is 37.1 Å². The van der Waals surface area contributed by atoms with E-state index in [1.165, 1.54) is 25.0 Å². The summed E-state index contributed by atoms with van der Waals surface area (Å²) in [7, 11) is 0. The Bertz CT molecular complexity index is 1900. The third-order valence-electron chi connectivity index (χ3n) is 9.66. The number of rotatable bonds is 13. The molecule has 0 radical (unpaired) electrons. The van der Waals surface area contributed by atoms with Crippen LogP contribution in [-0.4, -0.2) is 69.0 Å². The molecule has 14 heteroatoms. The first-order chi connectivity index (χ1) is 24.7. The zero-order chi connectivity index (χ0) is 37.2. The van der Waals surface area contributed by atoms with Gasteiger partial charge in [0.2, 0.25) is 11.8 Å². The summed E-state index contributed by atoms with van der Waals surface area (Å²) in [5.74, 6) is -5.73. The van der Waals surface area contributed by atoms with Crippen molar-refractivity contribution in [2.24, 2.45) is 5.92 Å². The number of halogens is 4. The number of alkyl halides is 4. The van der Waals surface area contributed by atoms with Gasteiger partial charge in [-0.25, -0.2) is 27.5 Å². The predicted molar refractivity (Wildman–Crippen MR) is 187 cm³/mol. The molecule has 1 saturated heterocycles. The fourth-order valence-electron chi connectivity index (χ4n) is 6.42. The number of nitrogens with zero attached hydrogens (tertiary/aromatic N) is 2. The van der Waals surface area contributed by atoms with E-state index in [0.717, 1.165) is 46.5 Å². The summed E-state index contributed by atoms with van der Waals surface area (Å²) < 4.78 is 64.2. The maximum absolute atomic E-state index is 13.7. The van der Waals surface area contributed by atoms with Gasteiger partial charge in [-0.05, 0) is 66.5 Å². The summed E-state index contributed by atoms with van der Waals surface area (Å²) in [5.41, 5.74) is 7.96. The molecule has 1 fully saturated rings. The Kier molecular flexibility index (Phi) is 10.9. The lowest BCUT2D eigenvalue weighted by Crippen LogP contribution is -2.43. The van der Waals surface area contributed by atoms with Crippen molar-refractivity contribution in [3.8, 4) is 33.6 Å². The molecule has 0 saturated carbocycles. The number of carbonyl (C=O) groups excluding carboxylic acids is 2. The van der Waals surface area contributed by atoms with E-state index in [-0.39, 0.29) is 31.7 Å². The summed E-state index contributed by atoms with van der Waals surface area (Å²) in [5, 5.41) is 5.62. The average Bonchev–Trinajstić information content (AvgIpc) is 3.82. The number of imidazole rings is 2. The van der Waals surface area contributed by atoms with E-state index in [1.807, 2.05) is 26.0 Å². The third-order valence-corrected chi connectivity index (χ3v) is 9.66. The summed E-state index contributed by atoms with van der Waals surface area (Å²) in [6.07, 6.45) is 2.52. The van der Waals surface area contributed by atoms with Gasteiger partial charge in [0, 0.05) is 36.4 Å². The van der Waals surface area contributed by atoms with Crippen LogP contribution in [0.15, 0.2) is 48.8 Å². The van der Waals surface area contributed by atoms with Gasteiger partial charge in [0.15, 0.2) is 0 Å². The van der Waals surface area contributed by atoms with E-state index in [2.05, 4.69) is 49.9 Å². The number of benzene rings is 2. The highest BCUT2D eigenvalue weighted by molar-refractivity contribution is 5.82. The molecule has 2 aromatic heterocycles. The van der Waals surface area contributed by atoms with Gasteiger partial charge in [-0.15, -0.1) is 0 Å². The first-order valence-electron chi connectivity index (χ1n) is 17.7. The number of nitrogens with one attached hydrogen (secondary N) is 4. The average molecular weight is 725 g/mol. The monoisotopic (exact) mass is 724 g/mol. The molecule has 3 heterocycles. The Morgan fingerprint density at radius 3 is 2.23 bits per heavy atom. The van der Waals surface area contributed by atoms with Gasteiger partial charge < -0.3 is 30.1 Å². The second-order valence-electron chi connectivity index (χ2n) is 14.0. The van der Waals surface area contributed by atoms with Crippen molar-refractivity contribution in [1.29, 1.82) is 0 Å². The smallest absolute Gasteiger partial charge is 0.271 e. The number of aryl methyl sites for hydroxylation is 2. The maximum atomic E-state index is 13.7. The summed E-state index contributed by atoms with van der Waals surface area (Å²) in [6, 6.07) is 12.0. The number of amides is 2. The van der Waals surface area contributed by atoms with Crippen molar-refractivity contribution >= 4 is 11.8 Å². The van der Waals surface area contributed by atoms with Crippen molar-refractivity contribution in [2.75, 3.05) is 13.2 Å². The lowest BCUT2D eigenvalue weighted by atomic mass is 9.83. The van der Waals surface area contributed by atoms with E-state index in [9.17, 15) is 27.2 Å². The van der Waals surface area contributed by atoms with Crippen molar-refractivity contribution < 1.29 is 36.6 Å². The maximum Gasteiger partial charge on any atom is 0.271 e. The van der Waals surface area contributed by atoms with Crippen LogP contribution in [0.25, 0.3) is 33.6 Å². The molecular weight excluding hydrogens is 680 g/mol. The van der Waals surface area contributed by atoms with Crippen molar-refractivity contribution in [1.82, 2.24) is 30.6 Å². The Labute approximate surface area is 299 Å². The van der Waals surface area contributed by atoms with Crippen LogP contribution in [0.5, 0.6) is 0 Å². The predicted octanol–water partition coefficient (Wildman–Crippen LogP) is 6.93. The number of carbonyl (C=O) groups is 2. The van der Waals surface area contributed by atoms with Gasteiger partial charge >= 0.3 is 0 Å². The molecule has 52 heavy (non-hydrogen) atoms. The van der Waals surface area contributed by atoms with E-state index in [0.29, 0.717) is 11.6 Å². The molecule has 10 nitrogen and oxygen atoms in total. The molecule has 2 aromatic carbocycles. The van der Waals surface area contributed by atoms with Crippen molar-refractivity contribution in [3.05, 3.63) is 71.6 Å². The molecule has 0 bridgehead atoms. The normalized spacial score (nSPS) is 18.0. The van der Waals surface area contributed by atoms with E-state index in [1.54, 1.807) is 12.4 Å². The number of ether oxygens (including phenoxy) is 2. The Balaban J connectivity index is 1.09. The third kappa shape index (κ3) is 8.55. The molecule has 3 unspecified atom stereocenters. The minimum Gasteiger partial charge on any atom is -0.362 e.